The number of hydrogen-bond acceptors (Lipinski definition) is 4. The molecule has 1 aliphatic heterocycles. The Bertz CT molecular complexity index is 766. The normalized spacial score (nSPS) is 15.4. The third kappa shape index (κ3) is 5.01. The number of nitrogens with one attached hydrogen (secondary N) is 1. The van der Waals surface area contributed by atoms with Crippen molar-refractivity contribution in [3.05, 3.63) is 53.6 Å². The van der Waals surface area contributed by atoms with Gasteiger partial charge in [-0.1, -0.05) is 29.8 Å². The summed E-state index contributed by atoms with van der Waals surface area (Å²) in [5.74, 6) is 1.40. The summed E-state index contributed by atoms with van der Waals surface area (Å²) in [7, 11) is 3.19. The van der Waals surface area contributed by atoms with Crippen molar-refractivity contribution < 1.29 is 14.3 Å². The van der Waals surface area contributed by atoms with Crippen molar-refractivity contribution in [3.8, 4) is 11.5 Å². The molecule has 0 bridgehead atoms. The molecule has 1 heterocycles. The van der Waals surface area contributed by atoms with Crippen LogP contribution in [0.2, 0.25) is 0 Å². The van der Waals surface area contributed by atoms with Gasteiger partial charge in [0.1, 0.15) is 0 Å². The largest absolute Gasteiger partial charge is 0.493 e. The van der Waals surface area contributed by atoms with Crippen LogP contribution >= 0.6 is 0 Å². The second-order valence-electron chi connectivity index (χ2n) is 7.10. The van der Waals surface area contributed by atoms with Gasteiger partial charge in [-0.2, -0.15) is 0 Å². The number of carbonyl (C=O) groups is 1. The zero-order valence-electron chi connectivity index (χ0n) is 16.3. The minimum absolute atomic E-state index is 0.0485. The molecule has 0 atom stereocenters. The van der Waals surface area contributed by atoms with Gasteiger partial charge in [0.05, 0.1) is 14.2 Å². The first-order chi connectivity index (χ1) is 13.1. The van der Waals surface area contributed by atoms with Gasteiger partial charge in [-0.05, 0) is 50.6 Å². The maximum Gasteiger partial charge on any atom is 0.227 e. The summed E-state index contributed by atoms with van der Waals surface area (Å²) in [6.45, 7) is 4.94. The third-order valence-corrected chi connectivity index (χ3v) is 5.14. The molecule has 5 heteroatoms. The van der Waals surface area contributed by atoms with Crippen LogP contribution in [-0.4, -0.2) is 38.1 Å². The van der Waals surface area contributed by atoms with Gasteiger partial charge in [-0.15, -0.1) is 0 Å². The molecule has 1 amide bonds. The lowest BCUT2D eigenvalue weighted by Crippen LogP contribution is -2.37. The zero-order chi connectivity index (χ0) is 19.2. The van der Waals surface area contributed by atoms with E-state index < -0.39 is 0 Å². The molecule has 0 aliphatic carbocycles. The fourth-order valence-corrected chi connectivity index (χ4v) is 3.46. The summed E-state index contributed by atoms with van der Waals surface area (Å²) < 4.78 is 10.5. The molecular formula is C22H28N2O3. The van der Waals surface area contributed by atoms with Crippen molar-refractivity contribution in [2.45, 2.75) is 26.3 Å². The number of anilines is 1. The molecule has 27 heavy (non-hydrogen) atoms. The summed E-state index contributed by atoms with van der Waals surface area (Å²) in [5, 5.41) is 3.02. The summed E-state index contributed by atoms with van der Waals surface area (Å²) in [6, 6.07) is 14.1. The monoisotopic (exact) mass is 368 g/mol. The standard InChI is InChI=1S/C22H28N2O3/c1-16-4-6-17(7-5-16)15-24-12-10-18(11-13-24)22(25)23-19-8-9-20(26-2)21(14-19)27-3/h4-9,14,18H,10-13,15H2,1-3H3,(H,23,25). The smallest absolute Gasteiger partial charge is 0.227 e. The molecule has 1 saturated heterocycles. The highest BCUT2D eigenvalue weighted by Crippen LogP contribution is 2.30. The molecule has 0 radical (unpaired) electrons. The van der Waals surface area contributed by atoms with E-state index in [9.17, 15) is 4.79 Å². The highest BCUT2D eigenvalue weighted by Gasteiger charge is 2.25. The van der Waals surface area contributed by atoms with Crippen LogP contribution in [0.5, 0.6) is 11.5 Å². The molecule has 0 spiro atoms. The number of aryl methyl sites for hydroxylation is 1. The lowest BCUT2D eigenvalue weighted by atomic mass is 9.95. The Morgan fingerprint density at radius 3 is 2.33 bits per heavy atom. The van der Waals surface area contributed by atoms with Gasteiger partial charge in [0.25, 0.3) is 0 Å². The molecule has 0 unspecified atom stereocenters. The van der Waals surface area contributed by atoms with E-state index in [1.807, 2.05) is 6.07 Å². The second-order valence-corrected chi connectivity index (χ2v) is 7.10. The lowest BCUT2D eigenvalue weighted by Gasteiger charge is -2.31. The molecular weight excluding hydrogens is 340 g/mol. The molecule has 5 nitrogen and oxygen atoms in total. The third-order valence-electron chi connectivity index (χ3n) is 5.14. The predicted molar refractivity (Wildman–Crippen MR) is 107 cm³/mol. The average Bonchev–Trinajstić information content (AvgIpc) is 2.70. The van der Waals surface area contributed by atoms with Gasteiger partial charge in [0.15, 0.2) is 11.5 Å². The van der Waals surface area contributed by atoms with Crippen molar-refractivity contribution >= 4 is 11.6 Å². The highest BCUT2D eigenvalue weighted by molar-refractivity contribution is 5.93. The van der Waals surface area contributed by atoms with E-state index in [-0.39, 0.29) is 11.8 Å². The lowest BCUT2D eigenvalue weighted by molar-refractivity contribution is -0.121. The highest BCUT2D eigenvalue weighted by atomic mass is 16.5. The molecule has 144 valence electrons. The Kier molecular flexibility index (Phi) is 6.35. The zero-order valence-corrected chi connectivity index (χ0v) is 16.3. The summed E-state index contributed by atoms with van der Waals surface area (Å²) in [5.41, 5.74) is 3.35. The topological polar surface area (TPSA) is 50.8 Å². The van der Waals surface area contributed by atoms with Crippen LogP contribution in [0.15, 0.2) is 42.5 Å². The van der Waals surface area contributed by atoms with Crippen molar-refractivity contribution in [2.75, 3.05) is 32.6 Å². The number of amides is 1. The van der Waals surface area contributed by atoms with Crippen LogP contribution in [0, 0.1) is 12.8 Å². The SMILES string of the molecule is COc1ccc(NC(=O)C2CCN(Cc3ccc(C)cc3)CC2)cc1OC. The number of methoxy groups -OCH3 is 2. The number of ether oxygens (including phenoxy) is 2. The minimum atomic E-state index is 0.0485. The fraction of sp³-hybridized carbons (Fsp3) is 0.409. The van der Waals surface area contributed by atoms with E-state index in [1.165, 1.54) is 11.1 Å². The van der Waals surface area contributed by atoms with Crippen LogP contribution in [0.4, 0.5) is 5.69 Å². The Hall–Kier alpha value is -2.53. The number of likely N-dealkylation sites (tertiary alicyclic amines) is 1. The Balaban J connectivity index is 1.51. The van der Waals surface area contributed by atoms with E-state index in [0.717, 1.165) is 38.2 Å². The molecule has 2 aromatic carbocycles. The predicted octanol–water partition coefficient (Wildman–Crippen LogP) is 3.86. The minimum Gasteiger partial charge on any atom is -0.493 e. The van der Waals surface area contributed by atoms with Crippen LogP contribution in [0.25, 0.3) is 0 Å². The van der Waals surface area contributed by atoms with Gasteiger partial charge in [-0.25, -0.2) is 0 Å². The first kappa shape index (κ1) is 19.2. The number of nitrogens with zero attached hydrogens (tertiary/aromatic N) is 1. The maximum atomic E-state index is 12.6. The fourth-order valence-electron chi connectivity index (χ4n) is 3.46. The molecule has 0 saturated carbocycles. The summed E-state index contributed by atoms with van der Waals surface area (Å²) in [4.78, 5) is 15.0. The van der Waals surface area contributed by atoms with Crippen LogP contribution in [0.3, 0.4) is 0 Å². The van der Waals surface area contributed by atoms with E-state index in [4.69, 9.17) is 9.47 Å². The van der Waals surface area contributed by atoms with Crippen LogP contribution in [0.1, 0.15) is 24.0 Å². The first-order valence-electron chi connectivity index (χ1n) is 9.40. The molecule has 1 N–H and O–H groups in total. The molecule has 1 fully saturated rings. The first-order valence-corrected chi connectivity index (χ1v) is 9.40. The molecule has 3 rings (SSSR count). The van der Waals surface area contributed by atoms with Crippen LogP contribution in [-0.2, 0) is 11.3 Å². The van der Waals surface area contributed by atoms with Crippen molar-refractivity contribution in [1.82, 2.24) is 4.90 Å². The summed E-state index contributed by atoms with van der Waals surface area (Å²) >= 11 is 0. The number of rotatable bonds is 6. The van der Waals surface area contributed by atoms with Gasteiger partial charge < -0.3 is 14.8 Å². The number of benzene rings is 2. The molecule has 2 aromatic rings. The Morgan fingerprint density at radius 2 is 1.70 bits per heavy atom. The quantitative estimate of drug-likeness (QED) is 0.841. The van der Waals surface area contributed by atoms with Crippen LogP contribution < -0.4 is 14.8 Å². The molecule has 1 aliphatic rings. The van der Waals surface area contributed by atoms with Gasteiger partial charge in [0.2, 0.25) is 5.91 Å². The Morgan fingerprint density at radius 1 is 1.04 bits per heavy atom. The van der Waals surface area contributed by atoms with Gasteiger partial charge >= 0.3 is 0 Å². The van der Waals surface area contributed by atoms with Crippen molar-refractivity contribution in [2.24, 2.45) is 5.92 Å². The molecule has 0 aromatic heterocycles. The van der Waals surface area contributed by atoms with Crippen molar-refractivity contribution in [3.63, 3.8) is 0 Å². The maximum absolute atomic E-state index is 12.6. The van der Waals surface area contributed by atoms with E-state index >= 15 is 0 Å². The van der Waals surface area contributed by atoms with E-state index in [2.05, 4.69) is 41.4 Å². The number of carbonyl (C=O) groups excluding carboxylic acids is 1. The van der Waals surface area contributed by atoms with Crippen molar-refractivity contribution in [1.29, 1.82) is 0 Å². The number of hydrogen-bond donors (Lipinski definition) is 1. The van der Waals surface area contributed by atoms with Gasteiger partial charge in [0, 0.05) is 24.2 Å². The second kappa shape index (κ2) is 8.91. The average molecular weight is 368 g/mol. The van der Waals surface area contributed by atoms with E-state index in [1.54, 1.807) is 26.4 Å². The number of piperidine rings is 1. The van der Waals surface area contributed by atoms with Gasteiger partial charge in [-0.3, -0.25) is 9.69 Å². The summed E-state index contributed by atoms with van der Waals surface area (Å²) in [6.07, 6.45) is 1.76. The van der Waals surface area contributed by atoms with E-state index in [0.29, 0.717) is 11.5 Å². The Labute approximate surface area is 161 Å².